The molecule has 0 fully saturated rings. The molecule has 0 bridgehead atoms. The van der Waals surface area contributed by atoms with E-state index in [2.05, 4.69) is 30.9 Å². The van der Waals surface area contributed by atoms with Crippen LogP contribution in [-0.4, -0.2) is 0 Å². The van der Waals surface area contributed by atoms with Crippen LogP contribution in [0.1, 0.15) is 30.0 Å². The second-order valence-corrected chi connectivity index (χ2v) is 4.20. The predicted octanol–water partition coefficient (Wildman–Crippen LogP) is 4.18. The van der Waals surface area contributed by atoms with Gasteiger partial charge in [0.05, 0.1) is 0 Å². The van der Waals surface area contributed by atoms with Crippen molar-refractivity contribution in [1.82, 2.24) is 0 Å². The Morgan fingerprint density at radius 1 is 0.833 bits per heavy atom. The van der Waals surface area contributed by atoms with Crippen molar-refractivity contribution in [1.29, 1.82) is 0 Å². The van der Waals surface area contributed by atoms with Crippen LogP contribution in [0, 0.1) is 17.7 Å². The average molecular weight is 238 g/mol. The molecule has 0 aliphatic rings. The second kappa shape index (κ2) is 6.02. The number of hydrogen-bond donors (Lipinski definition) is 0. The first-order valence-corrected chi connectivity index (χ1v) is 6.14. The summed E-state index contributed by atoms with van der Waals surface area (Å²) in [6.07, 6.45) is 2.26. The third kappa shape index (κ3) is 3.46. The lowest BCUT2D eigenvalue weighted by molar-refractivity contribution is 0.627. The van der Waals surface area contributed by atoms with E-state index in [9.17, 15) is 4.39 Å². The molecule has 0 spiro atoms. The Morgan fingerprint density at radius 2 is 1.33 bits per heavy atom. The van der Waals surface area contributed by atoms with Crippen molar-refractivity contribution in [2.24, 2.45) is 0 Å². The Hall–Kier alpha value is -2.07. The summed E-state index contributed by atoms with van der Waals surface area (Å²) in [4.78, 5) is 0. The van der Waals surface area contributed by atoms with Crippen molar-refractivity contribution in [2.75, 3.05) is 0 Å². The lowest BCUT2D eigenvalue weighted by Gasteiger charge is -1.97. The molecule has 0 aliphatic heterocycles. The van der Waals surface area contributed by atoms with Crippen molar-refractivity contribution in [3.05, 3.63) is 71.0 Å². The molecule has 0 saturated heterocycles. The van der Waals surface area contributed by atoms with Crippen LogP contribution in [0.15, 0.2) is 48.5 Å². The first-order chi connectivity index (χ1) is 8.78. The van der Waals surface area contributed by atoms with Crippen LogP contribution in [0.3, 0.4) is 0 Å². The molecular formula is C17H15F. The number of rotatable bonds is 2. The summed E-state index contributed by atoms with van der Waals surface area (Å²) >= 11 is 0. The molecule has 0 nitrogen and oxygen atoms in total. The van der Waals surface area contributed by atoms with Gasteiger partial charge in [-0.2, -0.15) is 0 Å². The third-order valence-corrected chi connectivity index (χ3v) is 2.69. The van der Waals surface area contributed by atoms with Gasteiger partial charge in [-0.05, 0) is 48.4 Å². The van der Waals surface area contributed by atoms with E-state index in [1.54, 1.807) is 12.1 Å². The highest BCUT2D eigenvalue weighted by Crippen LogP contribution is 2.06. The molecule has 2 rings (SSSR count). The molecule has 0 atom stereocenters. The van der Waals surface area contributed by atoms with Crippen molar-refractivity contribution in [3.8, 4) is 11.8 Å². The minimum Gasteiger partial charge on any atom is -0.207 e. The fraction of sp³-hybridized carbons (Fsp3) is 0.176. The topological polar surface area (TPSA) is 0 Å². The fourth-order valence-corrected chi connectivity index (χ4v) is 1.72. The lowest BCUT2D eigenvalue weighted by atomic mass is 10.1. The highest BCUT2D eigenvalue weighted by molar-refractivity contribution is 5.43. The van der Waals surface area contributed by atoms with E-state index in [4.69, 9.17) is 0 Å². The van der Waals surface area contributed by atoms with E-state index < -0.39 is 0 Å². The maximum Gasteiger partial charge on any atom is 0.123 e. The summed E-state index contributed by atoms with van der Waals surface area (Å²) in [5.74, 6) is 5.87. The average Bonchev–Trinajstić information content (AvgIpc) is 2.40. The normalized spacial score (nSPS) is 9.67. The van der Waals surface area contributed by atoms with Crippen molar-refractivity contribution < 1.29 is 4.39 Å². The summed E-state index contributed by atoms with van der Waals surface area (Å²) in [6.45, 7) is 2.17. The lowest BCUT2D eigenvalue weighted by Crippen LogP contribution is -1.83. The van der Waals surface area contributed by atoms with E-state index in [1.165, 1.54) is 17.7 Å². The van der Waals surface area contributed by atoms with Gasteiger partial charge >= 0.3 is 0 Å². The Kier molecular flexibility index (Phi) is 4.15. The molecule has 1 heteroatoms. The molecule has 0 aromatic heterocycles. The van der Waals surface area contributed by atoms with Gasteiger partial charge in [-0.3, -0.25) is 0 Å². The van der Waals surface area contributed by atoms with Crippen molar-refractivity contribution >= 4 is 0 Å². The van der Waals surface area contributed by atoms with Gasteiger partial charge < -0.3 is 0 Å². The molecular weight excluding hydrogens is 223 g/mol. The molecule has 0 amide bonds. The van der Waals surface area contributed by atoms with Crippen LogP contribution < -0.4 is 0 Å². The predicted molar refractivity (Wildman–Crippen MR) is 72.8 cm³/mol. The smallest absolute Gasteiger partial charge is 0.123 e. The van der Waals surface area contributed by atoms with Crippen molar-refractivity contribution in [3.63, 3.8) is 0 Å². The molecule has 0 radical (unpaired) electrons. The van der Waals surface area contributed by atoms with E-state index in [1.807, 2.05) is 12.1 Å². The van der Waals surface area contributed by atoms with Crippen LogP contribution in [0.5, 0.6) is 0 Å². The molecule has 18 heavy (non-hydrogen) atoms. The van der Waals surface area contributed by atoms with Crippen molar-refractivity contribution in [2.45, 2.75) is 19.8 Å². The third-order valence-electron chi connectivity index (χ3n) is 2.69. The van der Waals surface area contributed by atoms with E-state index in [0.717, 1.165) is 24.0 Å². The summed E-state index contributed by atoms with van der Waals surface area (Å²) in [7, 11) is 0. The van der Waals surface area contributed by atoms with E-state index >= 15 is 0 Å². The van der Waals surface area contributed by atoms with Crippen LogP contribution in [-0.2, 0) is 6.42 Å². The molecule has 90 valence electrons. The highest BCUT2D eigenvalue weighted by Gasteiger charge is 1.92. The van der Waals surface area contributed by atoms with Gasteiger partial charge in [-0.25, -0.2) is 4.39 Å². The maximum absolute atomic E-state index is 12.7. The first-order valence-electron chi connectivity index (χ1n) is 6.14. The molecule has 0 heterocycles. The van der Waals surface area contributed by atoms with Gasteiger partial charge in [0.2, 0.25) is 0 Å². The summed E-state index contributed by atoms with van der Waals surface area (Å²) in [6, 6.07) is 14.5. The largest absolute Gasteiger partial charge is 0.207 e. The van der Waals surface area contributed by atoms with Crippen LogP contribution >= 0.6 is 0 Å². The van der Waals surface area contributed by atoms with E-state index in [-0.39, 0.29) is 5.82 Å². The van der Waals surface area contributed by atoms with Gasteiger partial charge in [0.15, 0.2) is 0 Å². The van der Waals surface area contributed by atoms with Gasteiger partial charge in [0.1, 0.15) is 5.82 Å². The fourth-order valence-electron chi connectivity index (χ4n) is 1.72. The summed E-state index contributed by atoms with van der Waals surface area (Å²) in [5, 5.41) is 0. The zero-order valence-corrected chi connectivity index (χ0v) is 10.4. The molecule has 2 aromatic carbocycles. The molecule has 0 N–H and O–H groups in total. The number of aryl methyl sites for hydroxylation is 1. The molecule has 0 saturated carbocycles. The molecule has 0 unspecified atom stereocenters. The molecule has 2 aromatic rings. The van der Waals surface area contributed by atoms with Crippen LogP contribution in [0.4, 0.5) is 4.39 Å². The van der Waals surface area contributed by atoms with Gasteiger partial charge in [-0.15, -0.1) is 0 Å². The van der Waals surface area contributed by atoms with E-state index in [0.29, 0.717) is 0 Å². The van der Waals surface area contributed by atoms with Crippen LogP contribution in [0.25, 0.3) is 0 Å². The highest BCUT2D eigenvalue weighted by atomic mass is 19.1. The zero-order valence-electron chi connectivity index (χ0n) is 10.4. The number of benzene rings is 2. The number of hydrogen-bond acceptors (Lipinski definition) is 0. The minimum absolute atomic E-state index is 0.232. The molecule has 0 aliphatic carbocycles. The zero-order chi connectivity index (χ0) is 12.8. The summed E-state index contributed by atoms with van der Waals surface area (Å²) in [5.41, 5.74) is 3.15. The monoisotopic (exact) mass is 238 g/mol. The van der Waals surface area contributed by atoms with Crippen LogP contribution in [0.2, 0.25) is 0 Å². The van der Waals surface area contributed by atoms with Gasteiger partial charge in [-0.1, -0.05) is 37.3 Å². The second-order valence-electron chi connectivity index (χ2n) is 4.20. The summed E-state index contributed by atoms with van der Waals surface area (Å²) < 4.78 is 12.7. The Bertz CT molecular complexity index is 553. The Balaban J connectivity index is 2.12. The Labute approximate surface area is 107 Å². The Morgan fingerprint density at radius 3 is 1.83 bits per heavy atom. The maximum atomic E-state index is 12.7. The minimum atomic E-state index is -0.232. The van der Waals surface area contributed by atoms with Gasteiger partial charge in [0, 0.05) is 11.1 Å². The first kappa shape index (κ1) is 12.4. The number of halogens is 1. The van der Waals surface area contributed by atoms with Gasteiger partial charge in [0.25, 0.3) is 0 Å². The quantitative estimate of drug-likeness (QED) is 0.688. The SMILES string of the molecule is CCCc1ccc(C#Cc2ccc(F)cc2)cc1. The standard InChI is InChI=1S/C17H15F/c1-2-3-14-4-6-15(7-5-14)8-9-16-10-12-17(18)13-11-16/h4-7,10-13H,2-3H2,1H3.